The first-order valence-corrected chi connectivity index (χ1v) is 6.66. The van der Waals surface area contributed by atoms with E-state index < -0.39 is 0 Å². The molecule has 0 fully saturated rings. The van der Waals surface area contributed by atoms with E-state index in [0.717, 1.165) is 25.8 Å². The summed E-state index contributed by atoms with van der Waals surface area (Å²) in [6.45, 7) is 6.97. The lowest BCUT2D eigenvalue weighted by molar-refractivity contribution is 0.0702. The van der Waals surface area contributed by atoms with Crippen molar-refractivity contribution >= 4 is 5.91 Å². The predicted molar refractivity (Wildman–Crippen MR) is 73.8 cm³/mol. The van der Waals surface area contributed by atoms with Gasteiger partial charge in [0.15, 0.2) is 0 Å². The highest BCUT2D eigenvalue weighted by Gasteiger charge is 2.18. The van der Waals surface area contributed by atoms with Crippen molar-refractivity contribution in [2.75, 3.05) is 6.54 Å². The van der Waals surface area contributed by atoms with Crippen LogP contribution in [0.3, 0.4) is 0 Å². The third-order valence-electron chi connectivity index (χ3n) is 2.98. The van der Waals surface area contributed by atoms with Crippen molar-refractivity contribution in [2.24, 2.45) is 0 Å². The molecule has 0 aliphatic carbocycles. The number of amides is 1. The van der Waals surface area contributed by atoms with Crippen molar-refractivity contribution in [3.05, 3.63) is 29.8 Å². The molecule has 3 heteroatoms. The molecule has 0 unspecified atom stereocenters. The second kappa shape index (κ2) is 7.04. The number of rotatable bonds is 6. The second-order valence-corrected chi connectivity index (χ2v) is 4.85. The maximum atomic E-state index is 12.3. The maximum Gasteiger partial charge on any atom is 0.254 e. The molecule has 0 heterocycles. The lowest BCUT2D eigenvalue weighted by atomic mass is 10.1. The van der Waals surface area contributed by atoms with E-state index in [2.05, 4.69) is 6.92 Å². The standard InChI is InChI=1S/C15H23NO2/c1-4-5-6-10-16(12(2)3)15(18)13-8-7-9-14(17)11-13/h7-9,11-12,17H,4-6,10H2,1-3H3. The zero-order valence-corrected chi connectivity index (χ0v) is 11.5. The van der Waals surface area contributed by atoms with E-state index in [1.165, 1.54) is 6.07 Å². The minimum atomic E-state index is -0.00277. The molecule has 0 aromatic heterocycles. The van der Waals surface area contributed by atoms with Crippen LogP contribution in [0, 0.1) is 0 Å². The first-order chi connectivity index (χ1) is 8.56. The van der Waals surface area contributed by atoms with Crippen molar-refractivity contribution in [3.8, 4) is 5.75 Å². The Kier molecular flexibility index (Phi) is 5.69. The Morgan fingerprint density at radius 1 is 1.33 bits per heavy atom. The van der Waals surface area contributed by atoms with Crippen LogP contribution in [-0.2, 0) is 0 Å². The Hall–Kier alpha value is -1.51. The number of carbonyl (C=O) groups excluding carboxylic acids is 1. The van der Waals surface area contributed by atoms with E-state index in [0.29, 0.717) is 5.56 Å². The van der Waals surface area contributed by atoms with Crippen molar-refractivity contribution < 1.29 is 9.90 Å². The van der Waals surface area contributed by atoms with Crippen molar-refractivity contribution in [1.29, 1.82) is 0 Å². The second-order valence-electron chi connectivity index (χ2n) is 4.85. The molecule has 0 radical (unpaired) electrons. The van der Waals surface area contributed by atoms with Crippen LogP contribution < -0.4 is 0 Å². The Morgan fingerprint density at radius 3 is 2.61 bits per heavy atom. The summed E-state index contributed by atoms with van der Waals surface area (Å²) in [7, 11) is 0. The molecule has 1 amide bonds. The number of carbonyl (C=O) groups is 1. The zero-order valence-electron chi connectivity index (χ0n) is 11.5. The van der Waals surface area contributed by atoms with Gasteiger partial charge in [-0.05, 0) is 38.5 Å². The van der Waals surface area contributed by atoms with Crippen LogP contribution in [0.15, 0.2) is 24.3 Å². The van der Waals surface area contributed by atoms with E-state index in [1.54, 1.807) is 18.2 Å². The van der Waals surface area contributed by atoms with Gasteiger partial charge in [-0.2, -0.15) is 0 Å². The lowest BCUT2D eigenvalue weighted by Gasteiger charge is -2.27. The minimum Gasteiger partial charge on any atom is -0.508 e. The number of aromatic hydroxyl groups is 1. The molecule has 0 saturated carbocycles. The number of nitrogens with zero attached hydrogens (tertiary/aromatic N) is 1. The van der Waals surface area contributed by atoms with Crippen LogP contribution in [0.2, 0.25) is 0 Å². The predicted octanol–water partition coefficient (Wildman–Crippen LogP) is 3.43. The summed E-state index contributed by atoms with van der Waals surface area (Å²) in [6.07, 6.45) is 3.31. The maximum absolute atomic E-state index is 12.3. The van der Waals surface area contributed by atoms with Crippen LogP contribution in [-0.4, -0.2) is 28.5 Å². The quantitative estimate of drug-likeness (QED) is 0.785. The molecule has 18 heavy (non-hydrogen) atoms. The SMILES string of the molecule is CCCCCN(C(=O)c1cccc(O)c1)C(C)C. The third-order valence-corrected chi connectivity index (χ3v) is 2.98. The molecule has 100 valence electrons. The number of benzene rings is 1. The van der Waals surface area contributed by atoms with Gasteiger partial charge in [0.1, 0.15) is 5.75 Å². The van der Waals surface area contributed by atoms with Gasteiger partial charge in [-0.3, -0.25) is 4.79 Å². The van der Waals surface area contributed by atoms with Crippen molar-refractivity contribution in [2.45, 2.75) is 46.1 Å². The van der Waals surface area contributed by atoms with E-state index in [4.69, 9.17) is 0 Å². The number of hydrogen-bond acceptors (Lipinski definition) is 2. The van der Waals surface area contributed by atoms with E-state index in [1.807, 2.05) is 18.7 Å². The van der Waals surface area contributed by atoms with Crippen molar-refractivity contribution in [3.63, 3.8) is 0 Å². The largest absolute Gasteiger partial charge is 0.508 e. The first-order valence-electron chi connectivity index (χ1n) is 6.66. The molecule has 0 aliphatic heterocycles. The Balaban J connectivity index is 2.76. The Morgan fingerprint density at radius 2 is 2.06 bits per heavy atom. The topological polar surface area (TPSA) is 40.5 Å². The monoisotopic (exact) mass is 249 g/mol. The van der Waals surface area contributed by atoms with E-state index in [9.17, 15) is 9.90 Å². The molecule has 1 aromatic rings. The van der Waals surface area contributed by atoms with Gasteiger partial charge in [0.25, 0.3) is 5.91 Å². The van der Waals surface area contributed by atoms with Gasteiger partial charge in [0.2, 0.25) is 0 Å². The smallest absolute Gasteiger partial charge is 0.254 e. The van der Waals surface area contributed by atoms with E-state index in [-0.39, 0.29) is 17.7 Å². The van der Waals surface area contributed by atoms with Gasteiger partial charge in [-0.15, -0.1) is 0 Å². The molecule has 0 saturated heterocycles. The summed E-state index contributed by atoms with van der Waals surface area (Å²) in [5.41, 5.74) is 0.556. The fourth-order valence-electron chi connectivity index (χ4n) is 1.93. The average molecular weight is 249 g/mol. The molecule has 0 atom stereocenters. The molecule has 0 aliphatic rings. The highest BCUT2D eigenvalue weighted by molar-refractivity contribution is 5.94. The summed E-state index contributed by atoms with van der Waals surface area (Å²) in [4.78, 5) is 14.2. The molecule has 0 bridgehead atoms. The minimum absolute atomic E-state index is 0.00277. The number of hydrogen-bond donors (Lipinski definition) is 1. The van der Waals surface area contributed by atoms with Crippen LogP contribution in [0.4, 0.5) is 0 Å². The van der Waals surface area contributed by atoms with E-state index >= 15 is 0 Å². The van der Waals surface area contributed by atoms with Gasteiger partial charge < -0.3 is 10.0 Å². The van der Waals surface area contributed by atoms with Crippen molar-refractivity contribution in [1.82, 2.24) is 4.90 Å². The average Bonchev–Trinajstić information content (AvgIpc) is 2.33. The molecular formula is C15H23NO2. The summed E-state index contributed by atoms with van der Waals surface area (Å²) in [5, 5.41) is 9.43. The Labute approximate surface area is 109 Å². The highest BCUT2D eigenvalue weighted by Crippen LogP contribution is 2.15. The molecule has 1 N–H and O–H groups in total. The first kappa shape index (κ1) is 14.6. The lowest BCUT2D eigenvalue weighted by Crippen LogP contribution is -2.37. The van der Waals surface area contributed by atoms with Gasteiger partial charge >= 0.3 is 0 Å². The molecule has 3 nitrogen and oxygen atoms in total. The fourth-order valence-corrected chi connectivity index (χ4v) is 1.93. The van der Waals surface area contributed by atoms with Gasteiger partial charge in [-0.1, -0.05) is 25.8 Å². The fraction of sp³-hybridized carbons (Fsp3) is 0.533. The van der Waals surface area contributed by atoms with Crippen LogP contribution in [0.25, 0.3) is 0 Å². The zero-order chi connectivity index (χ0) is 13.5. The van der Waals surface area contributed by atoms with Gasteiger partial charge in [0.05, 0.1) is 0 Å². The van der Waals surface area contributed by atoms with Gasteiger partial charge in [0, 0.05) is 18.2 Å². The Bertz CT molecular complexity index is 388. The number of phenolic OH excluding ortho intramolecular Hbond substituents is 1. The summed E-state index contributed by atoms with van der Waals surface area (Å²) < 4.78 is 0. The highest BCUT2D eigenvalue weighted by atomic mass is 16.3. The molecule has 1 rings (SSSR count). The van der Waals surface area contributed by atoms with Crippen LogP contribution in [0.1, 0.15) is 50.4 Å². The normalized spacial score (nSPS) is 10.7. The number of phenols is 1. The van der Waals surface area contributed by atoms with Crippen LogP contribution >= 0.6 is 0 Å². The summed E-state index contributed by atoms with van der Waals surface area (Å²) in [5.74, 6) is 0.134. The molecule has 0 spiro atoms. The summed E-state index contributed by atoms with van der Waals surface area (Å²) >= 11 is 0. The van der Waals surface area contributed by atoms with Gasteiger partial charge in [-0.25, -0.2) is 0 Å². The molecular weight excluding hydrogens is 226 g/mol. The van der Waals surface area contributed by atoms with Crippen LogP contribution in [0.5, 0.6) is 5.75 Å². The third kappa shape index (κ3) is 4.06. The molecule has 1 aromatic carbocycles. The number of unbranched alkanes of at least 4 members (excludes halogenated alkanes) is 2. The summed E-state index contributed by atoms with van der Waals surface area (Å²) in [6, 6.07) is 6.73.